The first-order valence-corrected chi connectivity index (χ1v) is 6.62. The molecule has 1 atom stereocenters. The molecule has 6 nitrogen and oxygen atoms in total. The molecular weight excluding hydrogens is 256 g/mol. The summed E-state index contributed by atoms with van der Waals surface area (Å²) in [6, 6.07) is 2.20. The Morgan fingerprint density at radius 1 is 1.55 bits per heavy atom. The van der Waals surface area contributed by atoms with Crippen molar-refractivity contribution in [2.75, 3.05) is 13.1 Å². The second-order valence-corrected chi connectivity index (χ2v) is 4.98. The minimum Gasteiger partial charge on any atom is -0.296 e. The van der Waals surface area contributed by atoms with Crippen LogP contribution in [0.4, 0.5) is 5.69 Å². The number of nitro groups is 1. The molecule has 6 heteroatoms. The molecule has 1 aromatic heterocycles. The lowest BCUT2D eigenvalue weighted by atomic mass is 10.1. The minimum atomic E-state index is -0.357. The van der Waals surface area contributed by atoms with Gasteiger partial charge in [0.05, 0.1) is 22.6 Å². The maximum absolute atomic E-state index is 11.1. The summed E-state index contributed by atoms with van der Waals surface area (Å²) in [5, 5.41) is 20.0. The van der Waals surface area contributed by atoms with E-state index in [0.717, 1.165) is 6.54 Å². The van der Waals surface area contributed by atoms with E-state index in [4.69, 9.17) is 5.26 Å². The average Bonchev–Trinajstić information content (AvgIpc) is 2.40. The highest BCUT2D eigenvalue weighted by Crippen LogP contribution is 2.24. The summed E-state index contributed by atoms with van der Waals surface area (Å²) < 4.78 is 0. The van der Waals surface area contributed by atoms with Crippen LogP contribution in [0.2, 0.25) is 0 Å². The Bertz CT molecular complexity index is 537. The monoisotopic (exact) mass is 276 g/mol. The van der Waals surface area contributed by atoms with E-state index in [0.29, 0.717) is 29.9 Å². The largest absolute Gasteiger partial charge is 0.296 e. The van der Waals surface area contributed by atoms with Crippen molar-refractivity contribution in [2.24, 2.45) is 5.92 Å². The van der Waals surface area contributed by atoms with Crippen molar-refractivity contribution in [3.05, 3.63) is 33.1 Å². The molecule has 0 saturated heterocycles. The number of rotatable bonds is 6. The van der Waals surface area contributed by atoms with Gasteiger partial charge < -0.3 is 0 Å². The highest BCUT2D eigenvalue weighted by molar-refractivity contribution is 5.47. The molecule has 0 aromatic carbocycles. The van der Waals surface area contributed by atoms with E-state index in [9.17, 15) is 10.1 Å². The molecule has 0 radical (unpaired) electrons. The van der Waals surface area contributed by atoms with Gasteiger partial charge in [-0.2, -0.15) is 5.26 Å². The Morgan fingerprint density at radius 3 is 2.70 bits per heavy atom. The van der Waals surface area contributed by atoms with Gasteiger partial charge in [0.15, 0.2) is 0 Å². The lowest BCUT2D eigenvalue weighted by Gasteiger charge is -2.21. The van der Waals surface area contributed by atoms with Gasteiger partial charge in [-0.15, -0.1) is 0 Å². The minimum absolute atomic E-state index is 0.0734. The van der Waals surface area contributed by atoms with Gasteiger partial charge in [0, 0.05) is 30.4 Å². The average molecular weight is 276 g/mol. The molecule has 0 bridgehead atoms. The van der Waals surface area contributed by atoms with E-state index in [1.54, 1.807) is 20.0 Å². The zero-order chi connectivity index (χ0) is 15.3. The quantitative estimate of drug-likeness (QED) is 0.589. The summed E-state index contributed by atoms with van der Waals surface area (Å²) in [6.07, 6.45) is 1.54. The summed E-state index contributed by atoms with van der Waals surface area (Å²) >= 11 is 0. The highest BCUT2D eigenvalue weighted by Gasteiger charge is 2.20. The normalized spacial score (nSPS) is 12.2. The van der Waals surface area contributed by atoms with Gasteiger partial charge in [-0.05, 0) is 27.3 Å². The molecule has 0 N–H and O–H groups in total. The number of aryl methyl sites for hydroxylation is 1. The van der Waals surface area contributed by atoms with Crippen LogP contribution in [0, 0.1) is 41.2 Å². The molecule has 0 saturated carbocycles. The molecule has 1 aromatic rings. The van der Waals surface area contributed by atoms with Crippen molar-refractivity contribution in [3.63, 3.8) is 0 Å². The predicted molar refractivity (Wildman–Crippen MR) is 76.1 cm³/mol. The number of nitrogens with zero attached hydrogens (tertiary/aromatic N) is 4. The van der Waals surface area contributed by atoms with Crippen LogP contribution in [-0.4, -0.2) is 27.9 Å². The van der Waals surface area contributed by atoms with Crippen LogP contribution in [0.15, 0.2) is 6.20 Å². The van der Waals surface area contributed by atoms with Crippen molar-refractivity contribution in [2.45, 2.75) is 34.2 Å². The lowest BCUT2D eigenvalue weighted by molar-refractivity contribution is -0.386. The third-order valence-corrected chi connectivity index (χ3v) is 3.33. The topological polar surface area (TPSA) is 83.1 Å². The smallest absolute Gasteiger partial charge is 0.278 e. The van der Waals surface area contributed by atoms with Gasteiger partial charge in [0.2, 0.25) is 0 Å². The molecule has 0 fully saturated rings. The van der Waals surface area contributed by atoms with E-state index in [2.05, 4.69) is 16.0 Å². The number of aromatic nitrogens is 1. The fourth-order valence-corrected chi connectivity index (χ4v) is 2.15. The van der Waals surface area contributed by atoms with Crippen LogP contribution in [0.1, 0.15) is 30.7 Å². The first-order valence-electron chi connectivity index (χ1n) is 6.62. The van der Waals surface area contributed by atoms with Gasteiger partial charge in [-0.1, -0.05) is 6.92 Å². The van der Waals surface area contributed by atoms with Gasteiger partial charge in [-0.25, -0.2) is 0 Å². The first-order chi connectivity index (χ1) is 9.40. The highest BCUT2D eigenvalue weighted by atomic mass is 16.6. The Labute approximate surface area is 119 Å². The van der Waals surface area contributed by atoms with Gasteiger partial charge in [-0.3, -0.25) is 20.0 Å². The van der Waals surface area contributed by atoms with Crippen LogP contribution >= 0.6 is 0 Å². The van der Waals surface area contributed by atoms with Crippen molar-refractivity contribution in [1.82, 2.24) is 9.88 Å². The van der Waals surface area contributed by atoms with Crippen LogP contribution < -0.4 is 0 Å². The summed E-state index contributed by atoms with van der Waals surface area (Å²) in [4.78, 5) is 17.1. The Morgan fingerprint density at radius 2 is 2.20 bits per heavy atom. The first kappa shape index (κ1) is 16.1. The molecule has 20 heavy (non-hydrogen) atoms. The van der Waals surface area contributed by atoms with Crippen molar-refractivity contribution < 1.29 is 4.92 Å². The second-order valence-electron chi connectivity index (χ2n) is 4.98. The molecule has 0 amide bonds. The molecule has 1 rings (SSSR count). The number of hydrogen-bond acceptors (Lipinski definition) is 5. The van der Waals surface area contributed by atoms with Crippen molar-refractivity contribution in [3.8, 4) is 6.07 Å². The van der Waals surface area contributed by atoms with Crippen LogP contribution in [0.3, 0.4) is 0 Å². The molecule has 0 aliphatic carbocycles. The predicted octanol–water partition coefficient (Wildman–Crippen LogP) is 2.59. The summed E-state index contributed by atoms with van der Waals surface area (Å²) in [7, 11) is 0. The molecule has 1 heterocycles. The van der Waals surface area contributed by atoms with Crippen molar-refractivity contribution >= 4 is 5.69 Å². The van der Waals surface area contributed by atoms with E-state index in [1.807, 2.05) is 13.8 Å². The van der Waals surface area contributed by atoms with Crippen molar-refractivity contribution in [1.29, 1.82) is 5.26 Å². The molecule has 1 unspecified atom stereocenters. The van der Waals surface area contributed by atoms with Crippen LogP contribution in [0.25, 0.3) is 0 Å². The van der Waals surface area contributed by atoms with Gasteiger partial charge in [0.1, 0.15) is 0 Å². The SMILES string of the molecule is CCN(Cc1ncc(C)c([N+](=O)[O-])c1C)CC(C)C#N. The van der Waals surface area contributed by atoms with E-state index < -0.39 is 0 Å². The second kappa shape index (κ2) is 6.96. The van der Waals surface area contributed by atoms with E-state index in [-0.39, 0.29) is 16.5 Å². The maximum atomic E-state index is 11.1. The Balaban J connectivity index is 3.00. The van der Waals surface area contributed by atoms with Gasteiger partial charge >= 0.3 is 0 Å². The molecule has 0 spiro atoms. The Kier molecular flexibility index (Phi) is 5.59. The lowest BCUT2D eigenvalue weighted by Crippen LogP contribution is -2.28. The summed E-state index contributed by atoms with van der Waals surface area (Å²) in [5.41, 5.74) is 2.02. The summed E-state index contributed by atoms with van der Waals surface area (Å²) in [6.45, 7) is 9.22. The third-order valence-electron chi connectivity index (χ3n) is 3.33. The fourth-order valence-electron chi connectivity index (χ4n) is 2.15. The number of nitriles is 1. The van der Waals surface area contributed by atoms with E-state index >= 15 is 0 Å². The third kappa shape index (κ3) is 3.75. The number of hydrogen-bond donors (Lipinski definition) is 0. The van der Waals surface area contributed by atoms with Crippen LogP contribution in [-0.2, 0) is 6.54 Å². The summed E-state index contributed by atoms with van der Waals surface area (Å²) in [5.74, 6) is -0.0734. The number of pyridine rings is 1. The Hall–Kier alpha value is -2.00. The molecule has 108 valence electrons. The van der Waals surface area contributed by atoms with Crippen LogP contribution in [0.5, 0.6) is 0 Å². The molecule has 0 aliphatic heterocycles. The zero-order valence-corrected chi connectivity index (χ0v) is 12.4. The standard InChI is InChI=1S/C14H20N4O2/c1-5-17(8-10(2)6-15)9-13-12(4)14(18(19)20)11(3)7-16-13/h7,10H,5,8-9H2,1-4H3. The fraction of sp³-hybridized carbons (Fsp3) is 0.571. The molecular formula is C14H20N4O2. The zero-order valence-electron chi connectivity index (χ0n) is 12.4. The van der Waals surface area contributed by atoms with Gasteiger partial charge in [0.25, 0.3) is 5.69 Å². The molecule has 0 aliphatic rings. The maximum Gasteiger partial charge on any atom is 0.278 e. The van der Waals surface area contributed by atoms with E-state index in [1.165, 1.54) is 0 Å².